The molecule has 10 nitrogen and oxygen atoms in total. The predicted molar refractivity (Wildman–Crippen MR) is 139 cm³/mol. The Balaban J connectivity index is 1.97. The lowest BCUT2D eigenvalue weighted by Gasteiger charge is -2.34. The molecule has 3 N–H and O–H groups in total. The van der Waals surface area contributed by atoms with Gasteiger partial charge in [-0.05, 0) is 56.9 Å². The molecule has 2 unspecified atom stereocenters. The van der Waals surface area contributed by atoms with E-state index in [9.17, 15) is 24.3 Å². The molecule has 10 heteroatoms. The van der Waals surface area contributed by atoms with Gasteiger partial charge in [0.1, 0.15) is 30.0 Å². The lowest BCUT2D eigenvalue weighted by molar-refractivity contribution is -0.145. The third kappa shape index (κ3) is 8.22. The molecule has 0 bridgehead atoms. The van der Waals surface area contributed by atoms with Crippen molar-refractivity contribution >= 4 is 23.9 Å². The monoisotopic (exact) mass is 525 g/mol. The van der Waals surface area contributed by atoms with E-state index in [-0.39, 0.29) is 24.8 Å². The number of ether oxygens (including phenoxy) is 2. The molecule has 1 aliphatic carbocycles. The number of esters is 1. The van der Waals surface area contributed by atoms with Crippen molar-refractivity contribution in [2.45, 2.75) is 63.8 Å². The molecule has 3 amide bonds. The summed E-state index contributed by atoms with van der Waals surface area (Å²) >= 11 is 0. The van der Waals surface area contributed by atoms with Gasteiger partial charge in [-0.25, -0.2) is 4.79 Å². The van der Waals surface area contributed by atoms with Crippen LogP contribution in [0.4, 0.5) is 4.79 Å². The summed E-state index contributed by atoms with van der Waals surface area (Å²) in [6, 6.07) is 12.8. The van der Waals surface area contributed by atoms with E-state index in [1.165, 1.54) is 24.1 Å². The zero-order valence-corrected chi connectivity index (χ0v) is 22.1. The first-order chi connectivity index (χ1) is 18.0. The van der Waals surface area contributed by atoms with E-state index in [2.05, 4.69) is 15.4 Å². The highest BCUT2D eigenvalue weighted by Crippen LogP contribution is 2.36. The molecular formula is C28H35N3O7. The first-order valence-corrected chi connectivity index (χ1v) is 12.5. The summed E-state index contributed by atoms with van der Waals surface area (Å²) in [5, 5.41) is 15.0. The zero-order chi connectivity index (χ0) is 27.9. The lowest BCUT2D eigenvalue weighted by atomic mass is 10.00. The number of benzene rings is 2. The standard InChI is InChI=1S/C28H35N3O7/c1-28(2,3)38-27(36)30-22(16-18-8-6-5-7-9-18)26(35)31(20-12-13-20)24(19-10-14-21(32)15-11-19)25(34)29-17-23(33)37-4/h5-11,14-15,20,22,24,32H,12-13,16-17H2,1-4H3,(H,29,34)(H,30,36). The molecule has 0 aliphatic heterocycles. The Morgan fingerprint density at radius 2 is 1.66 bits per heavy atom. The number of carbonyl (C=O) groups is 4. The van der Waals surface area contributed by atoms with E-state index in [0.29, 0.717) is 18.4 Å². The largest absolute Gasteiger partial charge is 0.508 e. The Hall–Kier alpha value is -4.08. The number of phenolic OH excluding ortho intramolecular Hbond substituents is 1. The summed E-state index contributed by atoms with van der Waals surface area (Å²) in [5.41, 5.74) is 0.485. The van der Waals surface area contributed by atoms with E-state index < -0.39 is 41.6 Å². The average Bonchev–Trinajstić information content (AvgIpc) is 3.70. The Kier molecular flexibility index (Phi) is 9.33. The Morgan fingerprint density at radius 3 is 2.21 bits per heavy atom. The maximum atomic E-state index is 14.1. The number of nitrogens with zero attached hydrogens (tertiary/aromatic N) is 1. The minimum absolute atomic E-state index is 0.000291. The van der Waals surface area contributed by atoms with E-state index in [4.69, 9.17) is 4.74 Å². The zero-order valence-electron chi connectivity index (χ0n) is 22.1. The van der Waals surface area contributed by atoms with Crippen LogP contribution in [0.1, 0.15) is 50.8 Å². The van der Waals surface area contributed by atoms with Crippen molar-refractivity contribution < 1.29 is 33.8 Å². The fourth-order valence-corrected chi connectivity index (χ4v) is 3.97. The number of aromatic hydroxyl groups is 1. The van der Waals surface area contributed by atoms with Crippen molar-refractivity contribution in [3.63, 3.8) is 0 Å². The normalized spacial score (nSPS) is 14.5. The summed E-state index contributed by atoms with van der Waals surface area (Å²) in [6.07, 6.45) is 0.775. The minimum atomic E-state index is -1.11. The molecule has 0 aromatic heterocycles. The summed E-state index contributed by atoms with van der Waals surface area (Å²) in [6.45, 7) is 4.80. The predicted octanol–water partition coefficient (Wildman–Crippen LogP) is 2.85. The van der Waals surface area contributed by atoms with Crippen molar-refractivity contribution in [1.82, 2.24) is 15.5 Å². The molecule has 0 saturated heterocycles. The highest BCUT2D eigenvalue weighted by atomic mass is 16.6. The van der Waals surface area contributed by atoms with Gasteiger partial charge in [0.25, 0.3) is 0 Å². The molecule has 1 fully saturated rings. The van der Waals surface area contributed by atoms with Gasteiger partial charge in [0.2, 0.25) is 11.8 Å². The van der Waals surface area contributed by atoms with Crippen molar-refractivity contribution in [2.24, 2.45) is 0 Å². The van der Waals surface area contributed by atoms with Crippen LogP contribution in [-0.2, 0) is 30.3 Å². The van der Waals surface area contributed by atoms with E-state index in [1.54, 1.807) is 32.9 Å². The Bertz CT molecular complexity index is 1130. The molecule has 204 valence electrons. The highest BCUT2D eigenvalue weighted by molar-refractivity contribution is 5.93. The van der Waals surface area contributed by atoms with Crippen LogP contribution in [0.2, 0.25) is 0 Å². The van der Waals surface area contributed by atoms with E-state index in [0.717, 1.165) is 5.56 Å². The molecule has 1 saturated carbocycles. The van der Waals surface area contributed by atoms with Gasteiger partial charge in [0.05, 0.1) is 7.11 Å². The number of hydrogen-bond donors (Lipinski definition) is 3. The quantitative estimate of drug-likeness (QED) is 0.406. The molecule has 2 aromatic carbocycles. The molecule has 1 aliphatic rings. The van der Waals surface area contributed by atoms with Gasteiger partial charge in [-0.3, -0.25) is 14.4 Å². The van der Waals surface area contributed by atoms with Crippen molar-refractivity contribution in [1.29, 1.82) is 0 Å². The van der Waals surface area contributed by atoms with Gasteiger partial charge < -0.3 is 30.1 Å². The van der Waals surface area contributed by atoms with Crippen molar-refractivity contribution in [3.8, 4) is 5.75 Å². The highest BCUT2D eigenvalue weighted by Gasteiger charge is 2.44. The van der Waals surface area contributed by atoms with Gasteiger partial charge in [0, 0.05) is 12.5 Å². The maximum absolute atomic E-state index is 14.1. The van der Waals surface area contributed by atoms with Crippen LogP contribution in [0.25, 0.3) is 0 Å². The molecule has 2 atom stereocenters. The molecule has 38 heavy (non-hydrogen) atoms. The van der Waals surface area contributed by atoms with Gasteiger partial charge in [-0.2, -0.15) is 0 Å². The topological polar surface area (TPSA) is 134 Å². The lowest BCUT2D eigenvalue weighted by Crippen LogP contribution is -2.54. The molecule has 2 aromatic rings. The number of hydrogen-bond acceptors (Lipinski definition) is 7. The summed E-state index contributed by atoms with van der Waals surface area (Å²) in [4.78, 5) is 53.5. The second-order valence-corrected chi connectivity index (χ2v) is 10.2. The van der Waals surface area contributed by atoms with Gasteiger partial charge in [-0.15, -0.1) is 0 Å². The number of carbonyl (C=O) groups excluding carboxylic acids is 4. The average molecular weight is 526 g/mol. The van der Waals surface area contributed by atoms with Crippen LogP contribution < -0.4 is 10.6 Å². The van der Waals surface area contributed by atoms with Crippen molar-refractivity contribution in [2.75, 3.05) is 13.7 Å². The molecular weight excluding hydrogens is 490 g/mol. The Morgan fingerprint density at radius 1 is 1.03 bits per heavy atom. The first-order valence-electron chi connectivity index (χ1n) is 12.5. The summed E-state index contributed by atoms with van der Waals surface area (Å²) in [7, 11) is 1.21. The molecule has 0 radical (unpaired) electrons. The van der Waals surface area contributed by atoms with E-state index in [1.807, 2.05) is 30.3 Å². The van der Waals surface area contributed by atoms with Crippen LogP contribution in [0.15, 0.2) is 54.6 Å². The van der Waals surface area contributed by atoms with E-state index >= 15 is 0 Å². The smallest absolute Gasteiger partial charge is 0.408 e. The number of nitrogens with one attached hydrogen (secondary N) is 2. The minimum Gasteiger partial charge on any atom is -0.508 e. The number of rotatable bonds is 10. The fourth-order valence-electron chi connectivity index (χ4n) is 3.97. The third-order valence-electron chi connectivity index (χ3n) is 5.84. The number of methoxy groups -OCH3 is 1. The first kappa shape index (κ1) is 28.5. The van der Waals surface area contributed by atoms with Gasteiger partial charge in [-0.1, -0.05) is 42.5 Å². The fraction of sp³-hybridized carbons (Fsp3) is 0.429. The van der Waals surface area contributed by atoms with Crippen LogP contribution in [-0.4, -0.2) is 65.2 Å². The number of phenols is 1. The van der Waals surface area contributed by atoms with Crippen LogP contribution in [0.3, 0.4) is 0 Å². The molecule has 3 rings (SSSR count). The molecule has 0 heterocycles. The number of alkyl carbamates (subject to hydrolysis) is 1. The second-order valence-electron chi connectivity index (χ2n) is 10.2. The maximum Gasteiger partial charge on any atom is 0.408 e. The van der Waals surface area contributed by atoms with Crippen LogP contribution in [0, 0.1) is 0 Å². The number of amides is 3. The second kappa shape index (κ2) is 12.4. The Labute approximate surface area is 222 Å². The SMILES string of the molecule is COC(=O)CNC(=O)C(c1ccc(O)cc1)N(C(=O)C(Cc1ccccc1)NC(=O)OC(C)(C)C)C1CC1. The summed E-state index contributed by atoms with van der Waals surface area (Å²) < 4.78 is 10.0. The van der Waals surface area contributed by atoms with Crippen LogP contribution >= 0.6 is 0 Å². The third-order valence-corrected chi connectivity index (χ3v) is 5.84. The van der Waals surface area contributed by atoms with Crippen molar-refractivity contribution in [3.05, 3.63) is 65.7 Å². The molecule has 0 spiro atoms. The van der Waals surface area contributed by atoms with Gasteiger partial charge >= 0.3 is 12.1 Å². The summed E-state index contributed by atoms with van der Waals surface area (Å²) in [5.74, 6) is -1.69. The van der Waals surface area contributed by atoms with Crippen LogP contribution in [0.5, 0.6) is 5.75 Å². The van der Waals surface area contributed by atoms with Gasteiger partial charge in [0.15, 0.2) is 0 Å².